The molecule has 0 saturated heterocycles. The Morgan fingerprint density at radius 3 is 2.47 bits per heavy atom. The maximum Gasteiger partial charge on any atom is 0.201 e. The summed E-state index contributed by atoms with van der Waals surface area (Å²) in [5, 5.41) is 0. The van der Waals surface area contributed by atoms with Gasteiger partial charge in [0.1, 0.15) is 0 Å². The molecular formula is C16H13NOS. The standard InChI is InChI=1S/C16H13NOS/c1-17-11-15(16(18)12-7-3-2-4-8-12)19-14-10-6-5-9-13(14)17/h2-11H,1H3. The maximum absolute atomic E-state index is 12.4. The Balaban J connectivity index is 1.94. The first-order chi connectivity index (χ1) is 9.25. The lowest BCUT2D eigenvalue weighted by molar-refractivity contribution is 0.104. The van der Waals surface area contributed by atoms with E-state index in [4.69, 9.17) is 0 Å². The Morgan fingerprint density at radius 2 is 1.68 bits per heavy atom. The largest absolute Gasteiger partial charge is 0.349 e. The van der Waals surface area contributed by atoms with Gasteiger partial charge in [0.05, 0.1) is 10.6 Å². The van der Waals surface area contributed by atoms with Crippen LogP contribution in [0.4, 0.5) is 5.69 Å². The molecule has 0 bridgehead atoms. The van der Waals surface area contributed by atoms with E-state index in [1.807, 2.05) is 66.7 Å². The molecule has 2 nitrogen and oxygen atoms in total. The summed E-state index contributed by atoms with van der Waals surface area (Å²) in [6.07, 6.45) is 1.91. The number of Topliss-reactive ketones (excluding diaryl/α,β-unsaturated/α-hetero) is 1. The number of carbonyl (C=O) groups excluding carboxylic acids is 1. The number of fused-ring (bicyclic) bond motifs is 1. The highest BCUT2D eigenvalue weighted by molar-refractivity contribution is 8.04. The number of hydrogen-bond acceptors (Lipinski definition) is 3. The second-order valence-corrected chi connectivity index (χ2v) is 5.45. The van der Waals surface area contributed by atoms with E-state index in [1.54, 1.807) is 0 Å². The van der Waals surface area contributed by atoms with Gasteiger partial charge in [-0.25, -0.2) is 0 Å². The third-order valence-corrected chi connectivity index (χ3v) is 4.11. The molecule has 0 atom stereocenters. The fourth-order valence-corrected chi connectivity index (χ4v) is 3.18. The zero-order valence-corrected chi connectivity index (χ0v) is 11.4. The van der Waals surface area contributed by atoms with E-state index < -0.39 is 0 Å². The molecule has 0 radical (unpaired) electrons. The van der Waals surface area contributed by atoms with Crippen molar-refractivity contribution in [1.82, 2.24) is 0 Å². The lowest BCUT2D eigenvalue weighted by Crippen LogP contribution is -2.16. The van der Waals surface area contributed by atoms with Crippen molar-refractivity contribution in [2.24, 2.45) is 0 Å². The summed E-state index contributed by atoms with van der Waals surface area (Å²) in [5.74, 6) is 0.0759. The van der Waals surface area contributed by atoms with Crippen molar-refractivity contribution in [1.29, 1.82) is 0 Å². The minimum Gasteiger partial charge on any atom is -0.349 e. The third kappa shape index (κ3) is 2.29. The number of rotatable bonds is 2. The first-order valence-corrected chi connectivity index (χ1v) is 6.88. The highest BCUT2D eigenvalue weighted by Crippen LogP contribution is 2.40. The zero-order chi connectivity index (χ0) is 13.2. The van der Waals surface area contributed by atoms with Gasteiger partial charge < -0.3 is 4.90 Å². The average molecular weight is 267 g/mol. The summed E-state index contributed by atoms with van der Waals surface area (Å²) in [7, 11) is 1.97. The van der Waals surface area contributed by atoms with Crippen LogP contribution in [-0.4, -0.2) is 12.8 Å². The van der Waals surface area contributed by atoms with Gasteiger partial charge in [-0.2, -0.15) is 0 Å². The Kier molecular flexibility index (Phi) is 3.13. The maximum atomic E-state index is 12.4. The summed E-state index contributed by atoms with van der Waals surface area (Å²) < 4.78 is 0. The summed E-state index contributed by atoms with van der Waals surface area (Å²) >= 11 is 1.53. The molecule has 0 amide bonds. The topological polar surface area (TPSA) is 20.3 Å². The van der Waals surface area contributed by atoms with Crippen molar-refractivity contribution < 1.29 is 4.79 Å². The predicted molar refractivity (Wildman–Crippen MR) is 79.6 cm³/mol. The van der Waals surface area contributed by atoms with Crippen LogP contribution in [0.5, 0.6) is 0 Å². The fourth-order valence-electron chi connectivity index (χ4n) is 2.06. The van der Waals surface area contributed by atoms with Crippen LogP contribution in [0.15, 0.2) is 70.6 Å². The lowest BCUT2D eigenvalue weighted by atomic mass is 10.1. The van der Waals surface area contributed by atoms with Crippen LogP contribution >= 0.6 is 11.8 Å². The quantitative estimate of drug-likeness (QED) is 0.768. The molecule has 1 aliphatic heterocycles. The molecule has 0 unspecified atom stereocenters. The molecule has 1 aliphatic rings. The van der Waals surface area contributed by atoms with Crippen LogP contribution < -0.4 is 4.90 Å². The highest BCUT2D eigenvalue weighted by atomic mass is 32.2. The second kappa shape index (κ2) is 4.94. The van der Waals surface area contributed by atoms with Gasteiger partial charge in [0.2, 0.25) is 5.78 Å². The molecule has 0 aromatic heterocycles. The van der Waals surface area contributed by atoms with Crippen LogP contribution in [-0.2, 0) is 0 Å². The lowest BCUT2D eigenvalue weighted by Gasteiger charge is -2.24. The number of hydrogen-bond donors (Lipinski definition) is 0. The molecule has 0 aliphatic carbocycles. The molecule has 0 spiro atoms. The molecule has 1 heterocycles. The monoisotopic (exact) mass is 267 g/mol. The summed E-state index contributed by atoms with van der Waals surface area (Å²) in [5.41, 5.74) is 1.87. The van der Waals surface area contributed by atoms with Gasteiger partial charge in [0.15, 0.2) is 0 Å². The molecule has 3 rings (SSSR count). The first-order valence-electron chi connectivity index (χ1n) is 6.07. The van der Waals surface area contributed by atoms with Gasteiger partial charge in [-0.05, 0) is 12.1 Å². The number of ketones is 1. The number of thioether (sulfide) groups is 1. The van der Waals surface area contributed by atoms with Crippen molar-refractivity contribution in [3.8, 4) is 0 Å². The molecule has 2 aromatic carbocycles. The molecule has 94 valence electrons. The van der Waals surface area contributed by atoms with Gasteiger partial charge >= 0.3 is 0 Å². The predicted octanol–water partition coefficient (Wildman–Crippen LogP) is 3.95. The van der Waals surface area contributed by atoms with E-state index in [1.165, 1.54) is 11.8 Å². The highest BCUT2D eigenvalue weighted by Gasteiger charge is 2.21. The number of para-hydroxylation sites is 1. The molecule has 0 fully saturated rings. The Hall–Kier alpha value is -2.00. The van der Waals surface area contributed by atoms with E-state index in [0.717, 1.165) is 21.1 Å². The summed E-state index contributed by atoms with van der Waals surface area (Å²) in [6.45, 7) is 0. The number of nitrogens with zero attached hydrogens (tertiary/aromatic N) is 1. The van der Waals surface area contributed by atoms with Crippen LogP contribution in [0, 0.1) is 0 Å². The average Bonchev–Trinajstić information content (AvgIpc) is 2.47. The number of benzene rings is 2. The molecule has 2 aromatic rings. The van der Waals surface area contributed by atoms with Crippen LogP contribution in [0.25, 0.3) is 0 Å². The molecule has 3 heteroatoms. The van der Waals surface area contributed by atoms with E-state index in [-0.39, 0.29) is 5.78 Å². The molecule has 0 saturated carbocycles. The number of anilines is 1. The van der Waals surface area contributed by atoms with Crippen molar-refractivity contribution in [3.63, 3.8) is 0 Å². The van der Waals surface area contributed by atoms with Gasteiger partial charge in [0.25, 0.3) is 0 Å². The van der Waals surface area contributed by atoms with Gasteiger partial charge in [0, 0.05) is 23.7 Å². The number of allylic oxidation sites excluding steroid dienone is 1. The normalized spacial score (nSPS) is 13.7. The SMILES string of the molecule is CN1C=C(C(=O)c2ccccc2)Sc2ccccc21. The third-order valence-electron chi connectivity index (χ3n) is 3.04. The van der Waals surface area contributed by atoms with Crippen molar-refractivity contribution in [2.75, 3.05) is 11.9 Å². The minimum atomic E-state index is 0.0759. The molecule has 19 heavy (non-hydrogen) atoms. The van der Waals surface area contributed by atoms with Crippen molar-refractivity contribution in [2.45, 2.75) is 4.90 Å². The van der Waals surface area contributed by atoms with Crippen LogP contribution in [0.3, 0.4) is 0 Å². The molecule has 0 N–H and O–H groups in total. The van der Waals surface area contributed by atoms with E-state index in [2.05, 4.69) is 6.07 Å². The van der Waals surface area contributed by atoms with Gasteiger partial charge in [-0.1, -0.05) is 54.2 Å². The number of carbonyl (C=O) groups is 1. The first kappa shape index (κ1) is 12.1. The van der Waals surface area contributed by atoms with Gasteiger partial charge in [-0.3, -0.25) is 4.79 Å². The second-order valence-electron chi connectivity index (χ2n) is 4.37. The van der Waals surface area contributed by atoms with Crippen LogP contribution in [0.2, 0.25) is 0 Å². The fraction of sp³-hybridized carbons (Fsp3) is 0.0625. The Bertz CT molecular complexity index is 649. The Morgan fingerprint density at radius 1 is 1.00 bits per heavy atom. The Labute approximate surface area is 116 Å². The molecular weight excluding hydrogens is 254 g/mol. The van der Waals surface area contributed by atoms with E-state index in [0.29, 0.717) is 0 Å². The smallest absolute Gasteiger partial charge is 0.201 e. The summed E-state index contributed by atoms with van der Waals surface area (Å²) in [6, 6.07) is 17.5. The summed E-state index contributed by atoms with van der Waals surface area (Å²) in [4.78, 5) is 16.3. The van der Waals surface area contributed by atoms with Crippen LogP contribution in [0.1, 0.15) is 10.4 Å². The minimum absolute atomic E-state index is 0.0759. The van der Waals surface area contributed by atoms with Crippen molar-refractivity contribution >= 4 is 23.2 Å². The van der Waals surface area contributed by atoms with Crippen molar-refractivity contribution in [3.05, 3.63) is 71.3 Å². The van der Waals surface area contributed by atoms with E-state index >= 15 is 0 Å². The van der Waals surface area contributed by atoms with Gasteiger partial charge in [-0.15, -0.1) is 0 Å². The van der Waals surface area contributed by atoms with E-state index in [9.17, 15) is 4.79 Å². The zero-order valence-electron chi connectivity index (χ0n) is 10.5.